The first-order valence-electron chi connectivity index (χ1n) is 43.5. The Balaban J connectivity index is 5.10. The number of aliphatic hydroxyl groups is 1. The highest BCUT2D eigenvalue weighted by atomic mass is 31.2. The van der Waals surface area contributed by atoms with E-state index >= 15 is 0 Å². The van der Waals surface area contributed by atoms with Gasteiger partial charge in [0.15, 0.2) is 12.2 Å². The quantitative estimate of drug-likeness (QED) is 0.0222. The number of ether oxygens (including phenoxy) is 4. The summed E-state index contributed by atoms with van der Waals surface area (Å²) in [6, 6.07) is 0. The maximum absolute atomic E-state index is 13.1. The summed E-state index contributed by atoms with van der Waals surface area (Å²) in [5.74, 6) is -0.494. The number of carbonyl (C=O) groups is 4. The van der Waals surface area contributed by atoms with Gasteiger partial charge in [-0.15, -0.1) is 0 Å². The van der Waals surface area contributed by atoms with E-state index in [1.807, 2.05) is 0 Å². The second-order valence-corrected chi connectivity index (χ2v) is 34.1. The van der Waals surface area contributed by atoms with E-state index in [0.29, 0.717) is 25.7 Å². The van der Waals surface area contributed by atoms with Crippen molar-refractivity contribution in [2.45, 2.75) is 464 Å². The van der Waals surface area contributed by atoms with Gasteiger partial charge in [0.2, 0.25) is 0 Å². The van der Waals surface area contributed by atoms with Crippen molar-refractivity contribution in [3.63, 3.8) is 0 Å². The van der Waals surface area contributed by atoms with Crippen LogP contribution in [0.3, 0.4) is 0 Å². The molecule has 0 aliphatic heterocycles. The highest BCUT2D eigenvalue weighted by Crippen LogP contribution is 2.45. The molecule has 5 atom stereocenters. The Bertz CT molecular complexity index is 1980. The molecule has 19 heteroatoms. The average molecular weight is 1510 g/mol. The van der Waals surface area contributed by atoms with Gasteiger partial charge in [-0.05, 0) is 37.5 Å². The molecule has 0 aromatic heterocycles. The van der Waals surface area contributed by atoms with E-state index in [2.05, 4.69) is 41.5 Å². The van der Waals surface area contributed by atoms with Crippen molar-refractivity contribution in [2.75, 3.05) is 39.6 Å². The molecule has 0 aromatic rings. The summed E-state index contributed by atoms with van der Waals surface area (Å²) >= 11 is 0. The van der Waals surface area contributed by atoms with Gasteiger partial charge in [-0.2, -0.15) is 0 Å². The average Bonchev–Trinajstić information content (AvgIpc) is 0.909. The van der Waals surface area contributed by atoms with Crippen molar-refractivity contribution in [3.8, 4) is 0 Å². The van der Waals surface area contributed by atoms with Crippen molar-refractivity contribution in [1.29, 1.82) is 0 Å². The first-order valence-corrected chi connectivity index (χ1v) is 46.5. The van der Waals surface area contributed by atoms with Crippen LogP contribution < -0.4 is 0 Å². The minimum Gasteiger partial charge on any atom is -0.462 e. The number of aliphatic hydroxyl groups excluding tert-OH is 1. The number of rotatable bonds is 83. The minimum absolute atomic E-state index is 0.107. The van der Waals surface area contributed by atoms with E-state index in [-0.39, 0.29) is 25.7 Å². The molecule has 17 nitrogen and oxygen atoms in total. The highest BCUT2D eigenvalue weighted by Gasteiger charge is 2.30. The Morgan fingerprint density at radius 2 is 0.447 bits per heavy atom. The fourth-order valence-electron chi connectivity index (χ4n) is 13.1. The van der Waals surface area contributed by atoms with Gasteiger partial charge in [-0.25, -0.2) is 9.13 Å². The normalized spacial score (nSPS) is 13.9. The zero-order valence-electron chi connectivity index (χ0n) is 67.6. The van der Waals surface area contributed by atoms with Gasteiger partial charge in [0, 0.05) is 25.7 Å². The Kier molecular flexibility index (Phi) is 74.1. The van der Waals surface area contributed by atoms with Crippen LogP contribution in [0.15, 0.2) is 0 Å². The molecule has 0 bridgehead atoms. The van der Waals surface area contributed by atoms with E-state index in [1.165, 1.54) is 257 Å². The zero-order valence-corrected chi connectivity index (χ0v) is 69.4. The van der Waals surface area contributed by atoms with Crippen molar-refractivity contribution < 1.29 is 80.2 Å². The zero-order chi connectivity index (χ0) is 75.6. The van der Waals surface area contributed by atoms with Crippen LogP contribution in [0, 0.1) is 11.8 Å². The molecule has 0 amide bonds. The molecule has 0 radical (unpaired) electrons. The fourth-order valence-corrected chi connectivity index (χ4v) is 14.6. The maximum atomic E-state index is 13.1. The van der Waals surface area contributed by atoms with E-state index in [0.717, 1.165) is 108 Å². The summed E-state index contributed by atoms with van der Waals surface area (Å²) in [7, 11) is -9.91. The lowest BCUT2D eigenvalue weighted by Crippen LogP contribution is -2.30. The molecule has 0 fully saturated rings. The van der Waals surface area contributed by atoms with Gasteiger partial charge in [-0.3, -0.25) is 37.3 Å². The third kappa shape index (κ3) is 78.0. The van der Waals surface area contributed by atoms with Gasteiger partial charge in [0.05, 0.1) is 26.4 Å². The van der Waals surface area contributed by atoms with Crippen LogP contribution in [0.2, 0.25) is 0 Å². The smallest absolute Gasteiger partial charge is 0.462 e. The standard InChI is InChI=1S/C84H164O17P2/c1-7-9-11-13-14-15-16-17-18-19-20-21-22-30-35-40-45-50-57-63-69-84(89)101-80(73-95-82(87)67-61-55-49-44-39-34-29-25-23-27-32-37-42-47-53-58-64-76(3)4)75-99-103(92,93)97-71-78(85)70-96-102(90,91)98-74-79(72-94-81(86)66-60-52-12-10-8-2)100-83(88)68-62-56-51-46-41-36-31-26-24-28-33-38-43-48-54-59-65-77(5)6/h76-80,85H,7-75H2,1-6H3,(H,90,91)(H,92,93)/t78-,79+,80+/m0/s1. The first-order chi connectivity index (χ1) is 49.9. The largest absolute Gasteiger partial charge is 0.472 e. The lowest BCUT2D eigenvalue weighted by molar-refractivity contribution is -0.161. The monoisotopic (exact) mass is 1510 g/mol. The summed E-state index contributed by atoms with van der Waals surface area (Å²) in [6.45, 7) is 9.63. The van der Waals surface area contributed by atoms with Gasteiger partial charge in [-0.1, -0.05) is 395 Å². The van der Waals surface area contributed by atoms with Crippen LogP contribution >= 0.6 is 15.6 Å². The van der Waals surface area contributed by atoms with E-state index in [4.69, 9.17) is 37.0 Å². The van der Waals surface area contributed by atoms with Gasteiger partial charge < -0.3 is 33.8 Å². The fraction of sp³-hybridized carbons (Fsp3) is 0.952. The molecule has 0 saturated carbocycles. The lowest BCUT2D eigenvalue weighted by atomic mass is 10.0. The van der Waals surface area contributed by atoms with Crippen LogP contribution in [0.4, 0.5) is 0 Å². The van der Waals surface area contributed by atoms with Gasteiger partial charge in [0.1, 0.15) is 19.3 Å². The van der Waals surface area contributed by atoms with Gasteiger partial charge in [0.25, 0.3) is 0 Å². The number of phosphoric ester groups is 2. The van der Waals surface area contributed by atoms with Gasteiger partial charge >= 0.3 is 39.5 Å². The summed E-state index contributed by atoms with van der Waals surface area (Å²) < 4.78 is 68.6. The van der Waals surface area contributed by atoms with Crippen LogP contribution in [-0.4, -0.2) is 96.7 Å². The topological polar surface area (TPSA) is 237 Å². The Morgan fingerprint density at radius 3 is 0.660 bits per heavy atom. The molecule has 0 aliphatic carbocycles. The second-order valence-electron chi connectivity index (χ2n) is 31.2. The number of hydrogen-bond donors (Lipinski definition) is 3. The third-order valence-corrected chi connectivity index (χ3v) is 21.6. The number of hydrogen-bond acceptors (Lipinski definition) is 15. The molecule has 0 aliphatic rings. The first kappa shape index (κ1) is 101. The predicted octanol–water partition coefficient (Wildman–Crippen LogP) is 25.5. The summed E-state index contributed by atoms with van der Waals surface area (Å²) in [5.41, 5.74) is 0. The van der Waals surface area contributed by atoms with Crippen LogP contribution in [0.1, 0.15) is 446 Å². The Morgan fingerprint density at radius 1 is 0.262 bits per heavy atom. The molecule has 612 valence electrons. The van der Waals surface area contributed by atoms with E-state index in [9.17, 15) is 43.2 Å². The van der Waals surface area contributed by atoms with Crippen LogP contribution in [0.5, 0.6) is 0 Å². The lowest BCUT2D eigenvalue weighted by Gasteiger charge is -2.21. The molecule has 0 heterocycles. The SMILES string of the molecule is CCCCCCCCCCCCCCCCCCCCCCC(=O)O[C@H](COC(=O)CCCCCCCCCCCCCCCCCCC(C)C)COP(=O)(O)OC[C@@H](O)COP(=O)(O)OC[C@@H](COC(=O)CCCCCCC)OC(=O)CCCCCCCCCCCCCCCCCCC(C)C. The number of carbonyl (C=O) groups excluding carboxylic acids is 4. The van der Waals surface area contributed by atoms with E-state index < -0.39 is 97.5 Å². The van der Waals surface area contributed by atoms with Crippen LogP contribution in [-0.2, 0) is 65.4 Å². The third-order valence-electron chi connectivity index (χ3n) is 19.7. The summed E-state index contributed by atoms with van der Waals surface area (Å²) in [4.78, 5) is 72.8. The molecular weight excluding hydrogens is 1340 g/mol. The maximum Gasteiger partial charge on any atom is 0.472 e. The Labute approximate surface area is 632 Å². The number of unbranched alkanes of at least 4 members (excludes halogenated alkanes) is 53. The second kappa shape index (κ2) is 75.5. The van der Waals surface area contributed by atoms with Crippen LogP contribution in [0.25, 0.3) is 0 Å². The van der Waals surface area contributed by atoms with Crippen molar-refractivity contribution in [3.05, 3.63) is 0 Å². The minimum atomic E-state index is -4.96. The molecule has 0 spiro atoms. The van der Waals surface area contributed by atoms with Crippen molar-refractivity contribution in [1.82, 2.24) is 0 Å². The van der Waals surface area contributed by atoms with E-state index in [1.54, 1.807) is 0 Å². The molecule has 0 aromatic carbocycles. The number of phosphoric acid groups is 2. The number of esters is 4. The molecular formula is C84H164O17P2. The molecule has 3 N–H and O–H groups in total. The van der Waals surface area contributed by atoms with Crippen molar-refractivity contribution in [2.24, 2.45) is 11.8 Å². The summed E-state index contributed by atoms with van der Waals surface area (Å²) in [5, 5.41) is 10.6. The highest BCUT2D eigenvalue weighted by molar-refractivity contribution is 7.47. The molecule has 0 rings (SSSR count). The summed E-state index contributed by atoms with van der Waals surface area (Å²) in [6.07, 6.45) is 67.2. The predicted molar refractivity (Wildman–Crippen MR) is 423 cm³/mol. The molecule has 0 saturated heterocycles. The molecule has 2 unspecified atom stereocenters. The van der Waals surface area contributed by atoms with Crippen molar-refractivity contribution >= 4 is 39.5 Å². The Hall–Kier alpha value is -1.94. The molecule has 103 heavy (non-hydrogen) atoms.